The van der Waals surface area contributed by atoms with E-state index < -0.39 is 245 Å². The number of aliphatic hydroxyl groups is 1. The van der Waals surface area contributed by atoms with E-state index in [0.29, 0.717) is 45.8 Å². The van der Waals surface area contributed by atoms with Gasteiger partial charge in [0.2, 0.25) is 94.5 Å². The smallest absolute Gasteiger partial charge is 0.305 e. The molecular formula is C99H139N23O20S. The van der Waals surface area contributed by atoms with E-state index in [1.807, 2.05) is 44.2 Å². The molecule has 16 amide bonds. The van der Waals surface area contributed by atoms with Crippen LogP contribution in [0.3, 0.4) is 0 Å². The summed E-state index contributed by atoms with van der Waals surface area (Å²) < 4.78 is 0. The molecule has 0 unspecified atom stereocenters. The second kappa shape index (κ2) is 56.7. The maximum Gasteiger partial charge on any atom is 0.305 e. The Bertz CT molecular complexity index is 5400. The molecule has 28 N–H and O–H groups in total. The van der Waals surface area contributed by atoms with Crippen LogP contribution in [0.15, 0.2) is 140 Å². The van der Waals surface area contributed by atoms with E-state index in [9.17, 15) is 63.3 Å². The number of carboxylic acid groups (broad SMARTS) is 1. The highest BCUT2D eigenvalue weighted by molar-refractivity contribution is 8.00. The molecule has 1 saturated heterocycles. The predicted molar refractivity (Wildman–Crippen MR) is 536 cm³/mol. The van der Waals surface area contributed by atoms with E-state index >= 15 is 33.6 Å². The molecule has 2 heterocycles. The topological polar surface area (TPSA) is 688 Å². The number of nitrogens with zero attached hydrogens (tertiary/aromatic N) is 1. The van der Waals surface area contributed by atoms with Crippen molar-refractivity contribution in [2.45, 2.75) is 250 Å². The van der Waals surface area contributed by atoms with Crippen molar-refractivity contribution in [1.82, 2.24) is 95.0 Å². The summed E-state index contributed by atoms with van der Waals surface area (Å²) in [5.41, 5.74) is 20.7. The van der Waals surface area contributed by atoms with Gasteiger partial charge in [-0.1, -0.05) is 171 Å². The van der Waals surface area contributed by atoms with Crippen LogP contribution in [-0.4, -0.2) is 266 Å². The Balaban J connectivity index is 1.36. The maximum atomic E-state index is 15.5. The third kappa shape index (κ3) is 37.7. The number of thioether (sulfide) groups is 1. The summed E-state index contributed by atoms with van der Waals surface area (Å²) in [4.78, 5) is 255. The molecule has 776 valence electrons. The lowest BCUT2D eigenvalue weighted by Gasteiger charge is -2.32. The van der Waals surface area contributed by atoms with Crippen LogP contribution in [0.5, 0.6) is 5.75 Å². The molecule has 7 rings (SSSR count). The van der Waals surface area contributed by atoms with Crippen LogP contribution in [0.2, 0.25) is 0 Å². The zero-order chi connectivity index (χ0) is 106. The quantitative estimate of drug-likeness (QED) is 0.0159. The van der Waals surface area contributed by atoms with Crippen molar-refractivity contribution < 1.29 is 96.8 Å². The van der Waals surface area contributed by atoms with E-state index in [4.69, 9.17) is 28.0 Å². The van der Waals surface area contributed by atoms with Crippen LogP contribution in [0.25, 0.3) is 22.0 Å². The van der Waals surface area contributed by atoms with Gasteiger partial charge < -0.3 is 127 Å². The zero-order valence-corrected chi connectivity index (χ0v) is 83.3. The number of para-hydroxylation sites is 1. The first-order chi connectivity index (χ1) is 67.7. The third-order valence-electron chi connectivity index (χ3n) is 23.8. The number of nitrogens with one attached hydrogen (secondary N) is 19. The van der Waals surface area contributed by atoms with Crippen molar-refractivity contribution in [1.29, 1.82) is 10.8 Å². The number of aromatic amines is 1. The molecule has 0 aliphatic carbocycles. The molecule has 0 bridgehead atoms. The van der Waals surface area contributed by atoms with Gasteiger partial charge in [0.1, 0.15) is 96.4 Å². The Morgan fingerprint density at radius 3 is 1.39 bits per heavy atom. The molecule has 1 fully saturated rings. The van der Waals surface area contributed by atoms with Gasteiger partial charge in [-0.2, -0.15) is 0 Å². The number of aliphatic carboxylic acids is 1. The lowest BCUT2D eigenvalue weighted by atomic mass is 9.98. The van der Waals surface area contributed by atoms with Crippen LogP contribution in [-0.2, 0) is 107 Å². The number of aromatic hydroxyl groups is 1. The number of carboxylic acids is 1. The number of hydrogen-bond donors (Lipinski definition) is 25. The number of carbonyl (C=O) groups excluding carboxylic acids is 16. The summed E-state index contributed by atoms with van der Waals surface area (Å²) in [6, 6.07) is 12.4. The second-order valence-corrected chi connectivity index (χ2v) is 38.2. The lowest BCUT2D eigenvalue weighted by molar-refractivity contribution is -0.143. The van der Waals surface area contributed by atoms with Crippen LogP contribution >= 0.6 is 11.8 Å². The van der Waals surface area contributed by atoms with Gasteiger partial charge in [-0.25, -0.2) is 0 Å². The van der Waals surface area contributed by atoms with Crippen molar-refractivity contribution >= 4 is 135 Å². The first-order valence-corrected chi connectivity index (χ1v) is 48.8. The molecule has 0 saturated carbocycles. The number of H-pyrrole nitrogens is 1. The summed E-state index contributed by atoms with van der Waals surface area (Å²) in [6.07, 6.45) is -2.87. The first kappa shape index (κ1) is 115. The number of guanidine groups is 2. The van der Waals surface area contributed by atoms with Crippen LogP contribution in [0.1, 0.15) is 150 Å². The van der Waals surface area contributed by atoms with Gasteiger partial charge in [0.05, 0.1) is 18.3 Å². The fourth-order valence-electron chi connectivity index (χ4n) is 15.6. The number of amides is 16. The number of primary amides is 1. The number of nitrogens with two attached hydrogens (primary N) is 3. The molecule has 16 atom stereocenters. The molecular weight excluding hydrogens is 1860 g/mol. The number of benzene rings is 5. The minimum atomic E-state index is -2.08. The standard InChI is InChI=1S/C99H139N23O20S/c1-52(2)31-40-69-86(131)119-81(55(7)8)95(140)121-82(58(11)123)96(141)118-77(93(138)108-56(9)83(100)128)50-143-51-78(125)109-72(44-59-23-15-13-16-24-59)88(133)114-73(46-61-34-38-65(124)39-35-61)90(135)116-76(48-79(126)127)91(136)115-75(47-64-49-107-67-28-20-19-27-66(64)67)92(137)120-80(54(5)6)94(139)117-74(45-60-32-36-63(37-33-60)62-25-17-14-18-26-62)89(134)112-70(30-22-42-106-99(103)104)97(142)122(12)57(10)84(129)113-71(43-53(3)4)87(132)110-68(85(130)111-69)29-21-41-105-98(101)102/h13-20,23-28,32-39,49,52-58,68-77,80-82,107,123-124H,21-22,29-31,40-48,50-51H2,1-12H3,(H2,100,128)(H,108,138)(H,109,125)(H,110,132)(H,111,130)(H,112,134)(H,113,129)(H,114,133)(H,115,136)(H,116,135)(H,117,139)(H,118,141)(H,119,131)(H,120,137)(H,121,140)(H,126,127)(H4,101,102,105)(H4,103,104,106)/t56-,57-,58+,68-,69-,70-,71+,72-,73-,74-,75-,76-,77-,80-,81-,82-/m0/s1. The van der Waals surface area contributed by atoms with Gasteiger partial charge in [-0.05, 0) is 141 Å². The average molecular weight is 2000 g/mol. The van der Waals surface area contributed by atoms with Crippen molar-refractivity contribution in [3.8, 4) is 16.9 Å². The second-order valence-electron chi connectivity index (χ2n) is 37.2. The Labute approximate surface area is 834 Å². The fraction of sp³-hybridized carbons (Fsp3) is 0.485. The summed E-state index contributed by atoms with van der Waals surface area (Å²) in [7, 11) is 1.27. The van der Waals surface area contributed by atoms with E-state index in [-0.39, 0.29) is 94.0 Å². The molecule has 0 radical (unpaired) electrons. The number of phenols is 1. The zero-order valence-electron chi connectivity index (χ0n) is 82.5. The minimum Gasteiger partial charge on any atom is -0.508 e. The van der Waals surface area contributed by atoms with Crippen LogP contribution < -0.4 is 102 Å². The Hall–Kier alpha value is -14.7. The maximum absolute atomic E-state index is 15.5. The largest absolute Gasteiger partial charge is 0.508 e. The highest BCUT2D eigenvalue weighted by Crippen LogP contribution is 2.25. The number of hydrogen-bond acceptors (Lipinski definition) is 22. The van der Waals surface area contributed by atoms with Gasteiger partial charge in [0.25, 0.3) is 0 Å². The molecule has 44 heteroatoms. The van der Waals surface area contributed by atoms with Gasteiger partial charge in [-0.15, -0.1) is 11.8 Å². The summed E-state index contributed by atoms with van der Waals surface area (Å²) in [5.74, 6) is -22.1. The van der Waals surface area contributed by atoms with Gasteiger partial charge >= 0.3 is 5.97 Å². The van der Waals surface area contributed by atoms with Crippen molar-refractivity contribution in [2.75, 3.05) is 31.6 Å². The Morgan fingerprint density at radius 1 is 0.455 bits per heavy atom. The number of aromatic nitrogens is 1. The number of fused-ring (bicyclic) bond motifs is 1. The van der Waals surface area contributed by atoms with Gasteiger partial charge in [0.15, 0.2) is 11.9 Å². The normalized spacial score (nSPS) is 22.9. The SMILES string of the molecule is CC(C)CC[C@@H]1NC(=O)[C@H](CCCNC(=N)N)NC(=O)[C@@H](CC(C)C)NC(=O)[C@H](C)N(C)C(=O)[C@H](CCCNC(=N)N)NC(=O)[C@H](Cc2ccc(-c3ccccc3)cc2)NC(=O)[C@H](C(C)C)NC(=O)[C@H](Cc2c[nH]c3ccccc23)NC(=O)[C@H](CC(=O)O)NC(=O)[C@H](Cc2ccc(O)cc2)NC(=O)[C@H](Cc2ccccc2)NC(=O)CSC[C@@H](C(=O)N[C@@H](C)C(N)=O)NC(=O)[C@H]([C@@H](C)O)NC(=O)[C@H](C(C)C)NC1=O. The molecule has 5 aromatic carbocycles. The fourth-order valence-corrected chi connectivity index (χ4v) is 16.4. The predicted octanol–water partition coefficient (Wildman–Crippen LogP) is -0.126. The summed E-state index contributed by atoms with van der Waals surface area (Å²) in [6.45, 7) is 17.1. The van der Waals surface area contributed by atoms with E-state index in [2.05, 4.69) is 90.1 Å². The number of phenolic OH excluding ortho intramolecular Hbond substituents is 1. The van der Waals surface area contributed by atoms with Crippen LogP contribution in [0, 0.1) is 34.5 Å². The molecule has 143 heavy (non-hydrogen) atoms. The summed E-state index contributed by atoms with van der Waals surface area (Å²) in [5, 5.41) is 90.7. The molecule has 0 spiro atoms. The number of carbonyl (C=O) groups is 17. The average Bonchev–Trinajstić information content (AvgIpc) is 1.69. The molecule has 6 aromatic rings. The monoisotopic (exact) mass is 2000 g/mol. The number of aliphatic hydroxyl groups excluding tert-OH is 1. The van der Waals surface area contributed by atoms with Gasteiger partial charge in [0, 0.05) is 68.7 Å². The Kier molecular flexibility index (Phi) is 45.7. The van der Waals surface area contributed by atoms with E-state index in [1.54, 1.807) is 113 Å². The Morgan fingerprint density at radius 2 is 0.867 bits per heavy atom. The minimum absolute atomic E-state index is 0.00658. The lowest BCUT2D eigenvalue weighted by Crippen LogP contribution is -2.62. The molecule has 1 aliphatic rings. The first-order valence-electron chi connectivity index (χ1n) is 47.6. The molecule has 1 aliphatic heterocycles. The highest BCUT2D eigenvalue weighted by atomic mass is 32.2. The van der Waals surface area contributed by atoms with Crippen molar-refractivity contribution in [2.24, 2.45) is 40.9 Å². The molecule has 1 aromatic heterocycles. The van der Waals surface area contributed by atoms with E-state index in [0.717, 1.165) is 23.0 Å². The number of likely N-dealkylation sites (N-methyl/N-ethyl adjacent to an activating group) is 1. The van der Waals surface area contributed by atoms with E-state index in [1.165, 1.54) is 59.0 Å². The third-order valence-corrected chi connectivity index (χ3v) is 24.9. The van der Waals surface area contributed by atoms with Crippen LogP contribution in [0.4, 0.5) is 0 Å². The van der Waals surface area contributed by atoms with Crippen molar-refractivity contribution in [3.63, 3.8) is 0 Å². The molecule has 43 nitrogen and oxygen atoms in total. The number of rotatable bonds is 30. The highest BCUT2D eigenvalue weighted by Gasteiger charge is 2.42. The van der Waals surface area contributed by atoms with Gasteiger partial charge in [-0.3, -0.25) is 92.3 Å². The summed E-state index contributed by atoms with van der Waals surface area (Å²) >= 11 is 0.710. The van der Waals surface area contributed by atoms with Crippen molar-refractivity contribution in [3.05, 3.63) is 162 Å².